The third kappa shape index (κ3) is 5.01. The van der Waals surface area contributed by atoms with Crippen molar-refractivity contribution in [2.45, 2.75) is 44.5 Å². The van der Waals surface area contributed by atoms with Gasteiger partial charge in [-0.1, -0.05) is 12.1 Å². The van der Waals surface area contributed by atoms with E-state index in [0.717, 1.165) is 16.4 Å². The lowest BCUT2D eigenvalue weighted by atomic mass is 10.1. The number of aromatic amines is 1. The van der Waals surface area contributed by atoms with Crippen LogP contribution in [0.2, 0.25) is 0 Å². The second kappa shape index (κ2) is 8.34. The molecule has 3 rings (SSSR count). The SMILES string of the molecule is CSc1nc2c(c(ON(N)c3ccccc3N)[nH+]1)CN(C(=O)OC(C)(C)C)CC2. The van der Waals surface area contributed by atoms with Gasteiger partial charge in [0.2, 0.25) is 0 Å². The molecular formula is C19H27N6O3S+. The number of benzene rings is 1. The number of thioether (sulfide) groups is 1. The number of ether oxygens (including phenoxy) is 1. The zero-order valence-electron chi connectivity index (χ0n) is 17.1. The molecule has 0 spiro atoms. The summed E-state index contributed by atoms with van der Waals surface area (Å²) in [6.07, 6.45) is 2.13. The fourth-order valence-corrected chi connectivity index (χ4v) is 3.29. The fraction of sp³-hybridized carbons (Fsp3) is 0.421. The zero-order valence-corrected chi connectivity index (χ0v) is 17.9. The highest BCUT2D eigenvalue weighted by atomic mass is 32.2. The van der Waals surface area contributed by atoms with Gasteiger partial charge in [-0.25, -0.2) is 10.6 Å². The highest BCUT2D eigenvalue weighted by molar-refractivity contribution is 7.98. The molecule has 29 heavy (non-hydrogen) atoms. The first-order valence-corrected chi connectivity index (χ1v) is 10.4. The summed E-state index contributed by atoms with van der Waals surface area (Å²) >= 11 is 1.46. The molecule has 0 aliphatic carbocycles. The fourth-order valence-electron chi connectivity index (χ4n) is 2.89. The van der Waals surface area contributed by atoms with Gasteiger partial charge in [0, 0.05) is 13.0 Å². The summed E-state index contributed by atoms with van der Waals surface area (Å²) < 4.78 is 5.50. The van der Waals surface area contributed by atoms with Gasteiger partial charge in [0.05, 0.1) is 12.2 Å². The van der Waals surface area contributed by atoms with Crippen molar-refractivity contribution >= 4 is 29.2 Å². The number of nitrogens with one attached hydrogen (secondary N) is 1. The number of aromatic nitrogens is 2. The average molecular weight is 420 g/mol. The first-order chi connectivity index (χ1) is 13.7. The van der Waals surface area contributed by atoms with Crippen LogP contribution in [-0.4, -0.2) is 34.4 Å². The molecule has 0 atom stereocenters. The molecule has 1 aliphatic heterocycles. The molecule has 0 fully saturated rings. The van der Waals surface area contributed by atoms with Crippen LogP contribution < -0.4 is 26.6 Å². The highest BCUT2D eigenvalue weighted by Gasteiger charge is 2.33. The van der Waals surface area contributed by atoms with Crippen molar-refractivity contribution in [3.8, 4) is 5.88 Å². The number of H-pyrrole nitrogens is 1. The third-order valence-corrected chi connectivity index (χ3v) is 4.84. The molecule has 1 aromatic heterocycles. The monoisotopic (exact) mass is 419 g/mol. The molecule has 156 valence electrons. The van der Waals surface area contributed by atoms with E-state index in [-0.39, 0.29) is 6.09 Å². The van der Waals surface area contributed by atoms with Crippen LogP contribution in [0.25, 0.3) is 0 Å². The number of rotatable bonds is 4. The van der Waals surface area contributed by atoms with Gasteiger partial charge < -0.3 is 20.2 Å². The molecular weight excluding hydrogens is 392 g/mol. The third-order valence-electron chi connectivity index (χ3n) is 4.26. The van der Waals surface area contributed by atoms with Gasteiger partial charge >= 0.3 is 17.1 Å². The summed E-state index contributed by atoms with van der Waals surface area (Å²) in [5, 5.41) is 1.80. The summed E-state index contributed by atoms with van der Waals surface area (Å²) in [4.78, 5) is 27.8. The van der Waals surface area contributed by atoms with Crippen molar-refractivity contribution in [1.82, 2.24) is 9.88 Å². The van der Waals surface area contributed by atoms with Gasteiger partial charge in [0.25, 0.3) is 0 Å². The maximum atomic E-state index is 12.5. The lowest BCUT2D eigenvalue weighted by molar-refractivity contribution is -0.449. The van der Waals surface area contributed by atoms with Gasteiger partial charge in [-0.3, -0.25) is 0 Å². The number of hydrogen-bond donors (Lipinski definition) is 2. The number of fused-ring (bicyclic) bond motifs is 1. The summed E-state index contributed by atoms with van der Waals surface area (Å²) in [5.74, 6) is 6.52. The molecule has 0 radical (unpaired) electrons. The minimum atomic E-state index is -0.567. The molecule has 10 heteroatoms. The molecule has 0 saturated carbocycles. The summed E-state index contributed by atoms with van der Waals surface area (Å²) in [5.41, 5.74) is 8.05. The second-order valence-electron chi connectivity index (χ2n) is 7.63. The number of nitrogen functional groups attached to an aromatic ring is 1. The predicted octanol–water partition coefficient (Wildman–Crippen LogP) is 2.17. The average Bonchev–Trinajstić information content (AvgIpc) is 2.66. The van der Waals surface area contributed by atoms with E-state index in [2.05, 4.69) is 9.97 Å². The highest BCUT2D eigenvalue weighted by Crippen LogP contribution is 2.28. The number of hydrogen-bond acceptors (Lipinski definition) is 8. The quantitative estimate of drug-likeness (QED) is 0.254. The molecule has 1 amide bonds. The molecule has 5 N–H and O–H groups in total. The minimum absolute atomic E-state index is 0.301. The van der Waals surface area contributed by atoms with Crippen LogP contribution in [0, 0.1) is 0 Å². The Labute approximate surface area is 174 Å². The maximum absolute atomic E-state index is 12.5. The number of para-hydroxylation sites is 2. The molecule has 0 bridgehead atoms. The van der Waals surface area contributed by atoms with Crippen LogP contribution in [0.1, 0.15) is 32.0 Å². The summed E-state index contributed by atoms with van der Waals surface area (Å²) in [7, 11) is 0. The van der Waals surface area contributed by atoms with Crippen molar-refractivity contribution in [1.29, 1.82) is 0 Å². The van der Waals surface area contributed by atoms with E-state index in [4.69, 9.17) is 21.2 Å². The molecule has 0 saturated heterocycles. The van der Waals surface area contributed by atoms with Crippen LogP contribution in [-0.2, 0) is 17.7 Å². The van der Waals surface area contributed by atoms with Gasteiger partial charge in [0.1, 0.15) is 16.9 Å². The van der Waals surface area contributed by atoms with Crippen LogP contribution in [0.4, 0.5) is 16.2 Å². The maximum Gasteiger partial charge on any atom is 0.410 e. The minimum Gasteiger partial charge on any atom is -0.444 e. The molecule has 9 nitrogen and oxygen atoms in total. The van der Waals surface area contributed by atoms with E-state index in [1.165, 1.54) is 11.8 Å². The van der Waals surface area contributed by atoms with E-state index in [0.29, 0.717) is 41.9 Å². The van der Waals surface area contributed by atoms with Crippen molar-refractivity contribution < 1.29 is 19.4 Å². The van der Waals surface area contributed by atoms with E-state index in [1.54, 1.807) is 17.0 Å². The number of carbonyl (C=O) groups is 1. The van der Waals surface area contributed by atoms with Crippen LogP contribution in [0.15, 0.2) is 29.4 Å². The van der Waals surface area contributed by atoms with Crippen LogP contribution >= 0.6 is 11.8 Å². The number of hydrazine groups is 1. The molecule has 1 aromatic carbocycles. The largest absolute Gasteiger partial charge is 0.444 e. The van der Waals surface area contributed by atoms with E-state index < -0.39 is 5.60 Å². The lowest BCUT2D eigenvalue weighted by Crippen LogP contribution is -2.43. The molecule has 1 aliphatic rings. The van der Waals surface area contributed by atoms with E-state index in [9.17, 15) is 4.79 Å². The Bertz CT molecular complexity index is 902. The Morgan fingerprint density at radius 3 is 2.72 bits per heavy atom. The second-order valence-corrected chi connectivity index (χ2v) is 8.42. The summed E-state index contributed by atoms with van der Waals surface area (Å²) in [6, 6.07) is 7.13. The number of nitrogens with zero attached hydrogens (tertiary/aromatic N) is 3. The predicted molar refractivity (Wildman–Crippen MR) is 111 cm³/mol. The van der Waals surface area contributed by atoms with Gasteiger partial charge in [-0.05, 0) is 55.9 Å². The Balaban J connectivity index is 1.88. The van der Waals surface area contributed by atoms with Crippen molar-refractivity contribution in [2.24, 2.45) is 5.84 Å². The van der Waals surface area contributed by atoms with Crippen LogP contribution in [0.5, 0.6) is 5.88 Å². The Hall–Kier alpha value is -2.72. The number of nitrogens with two attached hydrogens (primary N) is 2. The lowest BCUT2D eigenvalue weighted by Gasteiger charge is -2.30. The van der Waals surface area contributed by atoms with Gasteiger partial charge in [-0.15, -0.1) is 5.17 Å². The number of carbonyl (C=O) groups excluding carboxylic acids is 1. The van der Waals surface area contributed by atoms with Crippen molar-refractivity contribution in [2.75, 3.05) is 23.7 Å². The molecule has 2 heterocycles. The first kappa shape index (κ1) is 21.0. The van der Waals surface area contributed by atoms with Gasteiger partial charge in [0.15, 0.2) is 5.69 Å². The number of anilines is 2. The normalized spacial score (nSPS) is 13.6. The van der Waals surface area contributed by atoms with Crippen LogP contribution in [0.3, 0.4) is 0 Å². The van der Waals surface area contributed by atoms with Crippen molar-refractivity contribution in [3.05, 3.63) is 35.5 Å². The topological polar surface area (TPSA) is 121 Å². The number of amides is 1. The Morgan fingerprint density at radius 1 is 1.34 bits per heavy atom. The van der Waals surface area contributed by atoms with Gasteiger partial charge in [-0.2, -0.15) is 4.98 Å². The molecule has 2 aromatic rings. The Kier molecular flexibility index (Phi) is 6.04. The van der Waals surface area contributed by atoms with E-state index >= 15 is 0 Å². The Morgan fingerprint density at radius 2 is 2.07 bits per heavy atom. The van der Waals surface area contributed by atoms with E-state index in [1.807, 2.05) is 39.2 Å². The smallest absolute Gasteiger partial charge is 0.410 e. The zero-order chi connectivity index (χ0) is 21.2. The standard InChI is InChI=1S/C19H26N6O3S/c1-19(2,3)27-18(26)24-10-9-14-12(11-24)16(23-17(22-14)29-4)28-25(21)15-8-6-5-7-13(15)20/h5-8H,9-11,20-21H2,1-4H3/p+1. The van der Waals surface area contributed by atoms with Crippen molar-refractivity contribution in [3.63, 3.8) is 0 Å². The first-order valence-electron chi connectivity index (χ1n) is 9.22. The molecule has 0 unspecified atom stereocenters. The summed E-state index contributed by atoms with van der Waals surface area (Å²) in [6.45, 7) is 6.34.